The SMILES string of the molecule is Nc1ccccc1C1OC=C(OCCN2C=C[N+]=C2CCCC[n+]2ccn(CCOC3=COC(c4ccccc4N)O3)c2)O1. The molecule has 12 heteroatoms. The lowest BCUT2D eigenvalue weighted by Crippen LogP contribution is -2.32. The van der Waals surface area contributed by atoms with E-state index in [4.69, 9.17) is 39.9 Å². The first-order valence-corrected chi connectivity index (χ1v) is 14.7. The number of nitrogens with zero attached hydrogens (tertiary/aromatic N) is 4. The largest absolute Gasteiger partial charge is 0.459 e. The second kappa shape index (κ2) is 13.8. The maximum absolute atomic E-state index is 6.02. The van der Waals surface area contributed by atoms with Crippen molar-refractivity contribution in [3.8, 4) is 0 Å². The standard InChI is InChI=1S/C32H37N6O6/c33-26-9-3-1-7-24(26)31-41-21-29(43-31)39-19-17-37-16-15-36(23-37)13-6-5-11-28-35-12-14-38(28)18-20-40-30-22-42-32(44-30)25-8-2-4-10-27(25)34/h1-4,7-10,12,14-16,21-23,31-32H,5-6,11,13,17-20,33-34H2/q+2. The number of aliphatic imine (C=N–C) groups is 1. The van der Waals surface area contributed by atoms with E-state index in [0.29, 0.717) is 49.6 Å². The van der Waals surface area contributed by atoms with Gasteiger partial charge in [0.1, 0.15) is 44.9 Å². The third-order valence-corrected chi connectivity index (χ3v) is 7.31. The molecular weight excluding hydrogens is 564 g/mol. The van der Waals surface area contributed by atoms with Crippen LogP contribution in [0.3, 0.4) is 0 Å². The first-order valence-electron chi connectivity index (χ1n) is 14.7. The first kappa shape index (κ1) is 28.8. The molecule has 1 aromatic heterocycles. The number of nitrogens with two attached hydrogens (primary N) is 2. The smallest absolute Gasteiger partial charge is 0.319 e. The Morgan fingerprint density at radius 1 is 0.818 bits per heavy atom. The maximum Gasteiger partial charge on any atom is 0.319 e. The Labute approximate surface area is 256 Å². The molecule has 44 heavy (non-hydrogen) atoms. The molecule has 0 aliphatic carbocycles. The lowest BCUT2D eigenvalue weighted by molar-refractivity contribution is -0.696. The molecule has 0 bridgehead atoms. The molecule has 4 N–H and O–H groups in total. The first-order chi connectivity index (χ1) is 21.6. The third-order valence-electron chi connectivity index (χ3n) is 7.31. The van der Waals surface area contributed by atoms with Gasteiger partial charge in [-0.05, 0) is 37.1 Å². The number of unbranched alkanes of at least 4 members (excludes halogenated alkanes) is 1. The number of nitrogen functional groups attached to an aromatic ring is 2. The van der Waals surface area contributed by atoms with Crippen LogP contribution in [0.4, 0.5) is 11.4 Å². The zero-order chi connectivity index (χ0) is 30.1. The minimum Gasteiger partial charge on any atom is -0.459 e. The molecule has 0 saturated heterocycles. The number of para-hydroxylation sites is 2. The van der Waals surface area contributed by atoms with Crippen LogP contribution in [-0.4, -0.2) is 35.1 Å². The molecule has 2 atom stereocenters. The summed E-state index contributed by atoms with van der Waals surface area (Å²) >= 11 is 0. The van der Waals surface area contributed by atoms with Crippen LogP contribution in [0.5, 0.6) is 0 Å². The molecule has 0 spiro atoms. The monoisotopic (exact) mass is 601 g/mol. The van der Waals surface area contributed by atoms with Crippen molar-refractivity contribution in [2.24, 2.45) is 0 Å². The van der Waals surface area contributed by atoms with Crippen molar-refractivity contribution in [2.75, 3.05) is 31.2 Å². The number of anilines is 2. The Morgan fingerprint density at radius 2 is 1.45 bits per heavy atom. The Morgan fingerprint density at radius 3 is 2.11 bits per heavy atom. The molecule has 12 nitrogen and oxygen atoms in total. The van der Waals surface area contributed by atoms with E-state index in [2.05, 4.69) is 31.6 Å². The van der Waals surface area contributed by atoms with Crippen molar-refractivity contribution < 1.29 is 33.0 Å². The van der Waals surface area contributed by atoms with Gasteiger partial charge in [0.15, 0.2) is 18.7 Å². The highest BCUT2D eigenvalue weighted by molar-refractivity contribution is 5.84. The van der Waals surface area contributed by atoms with Crippen LogP contribution in [0, 0.1) is 0 Å². The van der Waals surface area contributed by atoms with Crippen LogP contribution in [-0.2, 0) is 41.5 Å². The molecule has 3 aromatic rings. The summed E-state index contributed by atoms with van der Waals surface area (Å²) in [6, 6.07) is 14.9. The van der Waals surface area contributed by atoms with Gasteiger partial charge in [0.05, 0.1) is 24.1 Å². The van der Waals surface area contributed by atoms with Gasteiger partial charge in [-0.3, -0.25) is 0 Å². The van der Waals surface area contributed by atoms with E-state index >= 15 is 0 Å². The summed E-state index contributed by atoms with van der Waals surface area (Å²) in [6.07, 6.45) is 14.7. The maximum atomic E-state index is 6.02. The number of hydrogen-bond acceptors (Lipinski definition) is 10. The third kappa shape index (κ3) is 7.20. The molecule has 0 amide bonds. The fraction of sp³-hybridized carbons (Fsp3) is 0.312. The quantitative estimate of drug-likeness (QED) is 0.152. The summed E-state index contributed by atoms with van der Waals surface area (Å²) in [5.74, 6) is 1.73. The number of amidine groups is 1. The predicted octanol–water partition coefficient (Wildman–Crippen LogP) is 3.75. The second-order valence-corrected chi connectivity index (χ2v) is 10.4. The van der Waals surface area contributed by atoms with Crippen LogP contribution in [0.2, 0.25) is 0 Å². The normalized spacial score (nSPS) is 18.5. The molecule has 1 radical (unpaired) electrons. The van der Waals surface area contributed by atoms with Gasteiger partial charge in [-0.25, -0.2) is 14.0 Å². The van der Waals surface area contributed by atoms with Crippen molar-refractivity contribution in [3.63, 3.8) is 0 Å². The Balaban J connectivity index is 0.838. The summed E-state index contributed by atoms with van der Waals surface area (Å²) in [5, 5.41) is 0. The van der Waals surface area contributed by atoms with Crippen molar-refractivity contribution >= 4 is 17.2 Å². The van der Waals surface area contributed by atoms with Crippen LogP contribution >= 0.6 is 0 Å². The lowest BCUT2D eigenvalue weighted by Gasteiger charge is -2.14. The molecule has 0 fully saturated rings. The number of rotatable bonds is 15. The molecule has 2 unspecified atom stereocenters. The summed E-state index contributed by atoms with van der Waals surface area (Å²) in [7, 11) is 0. The average molecular weight is 602 g/mol. The number of aryl methyl sites for hydroxylation is 1. The highest BCUT2D eigenvalue weighted by Gasteiger charge is 2.27. The van der Waals surface area contributed by atoms with Gasteiger partial charge < -0.3 is 39.9 Å². The summed E-state index contributed by atoms with van der Waals surface area (Å²) in [6.45, 7) is 3.13. The van der Waals surface area contributed by atoms with Crippen molar-refractivity contribution in [3.05, 3.63) is 115 Å². The summed E-state index contributed by atoms with van der Waals surface area (Å²) in [5.41, 5.74) is 14.8. The van der Waals surface area contributed by atoms with E-state index in [0.717, 1.165) is 42.8 Å². The molecule has 229 valence electrons. The van der Waals surface area contributed by atoms with Gasteiger partial charge in [0.25, 0.3) is 18.4 Å². The zero-order valence-corrected chi connectivity index (χ0v) is 24.4. The van der Waals surface area contributed by atoms with E-state index in [-0.39, 0.29) is 0 Å². The molecule has 3 aliphatic heterocycles. The fourth-order valence-electron chi connectivity index (χ4n) is 4.97. The van der Waals surface area contributed by atoms with E-state index in [1.807, 2.05) is 67.1 Å². The molecule has 4 heterocycles. The van der Waals surface area contributed by atoms with Gasteiger partial charge in [-0.2, -0.15) is 0 Å². The fourth-order valence-corrected chi connectivity index (χ4v) is 4.97. The van der Waals surface area contributed by atoms with Crippen LogP contribution in [0.15, 0.2) is 104 Å². The van der Waals surface area contributed by atoms with Gasteiger partial charge in [-0.1, -0.05) is 29.3 Å². The molecule has 0 saturated carbocycles. The number of aromatic nitrogens is 2. The minimum atomic E-state index is -0.591. The van der Waals surface area contributed by atoms with Crippen molar-refractivity contribution in [2.45, 2.75) is 44.9 Å². The topological polar surface area (TPSA) is 134 Å². The Kier molecular flexibility index (Phi) is 9.05. The highest BCUT2D eigenvalue weighted by atomic mass is 16.8. The number of imidazole rings is 1. The van der Waals surface area contributed by atoms with Gasteiger partial charge in [-0.15, -0.1) is 0 Å². The molecule has 3 aliphatic rings. The molecular formula is C32H37N6O6+2. The number of ether oxygens (including phenoxy) is 6. The Hall–Kier alpha value is -5.26. The predicted molar refractivity (Wildman–Crippen MR) is 161 cm³/mol. The van der Waals surface area contributed by atoms with E-state index in [1.54, 1.807) is 0 Å². The highest BCUT2D eigenvalue weighted by Crippen LogP contribution is 2.33. The summed E-state index contributed by atoms with van der Waals surface area (Å²) in [4.78, 5) is 6.65. The average Bonchev–Trinajstić information content (AvgIpc) is 3.85. The van der Waals surface area contributed by atoms with Gasteiger partial charge >= 0.3 is 11.9 Å². The molecule has 6 rings (SSSR count). The Bertz CT molecular complexity index is 1550. The van der Waals surface area contributed by atoms with Crippen LogP contribution in [0.1, 0.15) is 43.0 Å². The van der Waals surface area contributed by atoms with Crippen LogP contribution in [0.25, 0.3) is 0 Å². The van der Waals surface area contributed by atoms with Crippen LogP contribution < -0.4 is 21.0 Å². The molecule has 2 aromatic carbocycles. The zero-order valence-electron chi connectivity index (χ0n) is 24.4. The van der Waals surface area contributed by atoms with Crippen molar-refractivity contribution in [1.82, 2.24) is 14.5 Å². The van der Waals surface area contributed by atoms with E-state index in [9.17, 15) is 0 Å². The number of benzene rings is 2. The van der Waals surface area contributed by atoms with E-state index < -0.39 is 12.6 Å². The minimum absolute atomic E-state index is 0.343. The summed E-state index contributed by atoms with van der Waals surface area (Å²) < 4.78 is 38.4. The van der Waals surface area contributed by atoms with Gasteiger partial charge in [0, 0.05) is 11.4 Å². The van der Waals surface area contributed by atoms with Crippen molar-refractivity contribution in [1.29, 1.82) is 0 Å². The number of hydrogen-bond donors (Lipinski definition) is 2. The van der Waals surface area contributed by atoms with E-state index in [1.165, 1.54) is 12.5 Å². The lowest BCUT2D eigenvalue weighted by atomic mass is 10.2. The second-order valence-electron chi connectivity index (χ2n) is 10.4. The van der Waals surface area contributed by atoms with Gasteiger partial charge in [0.2, 0.25) is 6.33 Å².